The maximum absolute atomic E-state index is 12.7. The highest BCUT2D eigenvalue weighted by atomic mass is 32.2. The monoisotopic (exact) mass is 475 g/mol. The predicted molar refractivity (Wildman–Crippen MR) is 98.6 cm³/mol. The van der Waals surface area contributed by atoms with E-state index in [0.29, 0.717) is 11.5 Å². The summed E-state index contributed by atoms with van der Waals surface area (Å²) in [6, 6.07) is -2.66. The molecular formula is C12H13N9O8S2. The first-order chi connectivity index (χ1) is 14.6. The Hall–Kier alpha value is -3.71. The number of aliphatic carboxylic acids is 1. The third-order valence-corrected chi connectivity index (χ3v) is 5.25. The maximum Gasteiger partial charge on any atom is 0.362 e. The van der Waals surface area contributed by atoms with Gasteiger partial charge in [-0.05, 0) is 0 Å². The van der Waals surface area contributed by atoms with E-state index in [0.717, 1.165) is 6.33 Å². The molecule has 2 unspecified atom stereocenters. The Morgan fingerprint density at radius 1 is 1.42 bits per heavy atom. The zero-order chi connectivity index (χ0) is 22.8. The molecule has 1 fully saturated rings. The molecule has 166 valence electrons. The van der Waals surface area contributed by atoms with Gasteiger partial charge in [0.05, 0.1) is 12.6 Å². The summed E-state index contributed by atoms with van der Waals surface area (Å²) in [5.74, 6) is -3.89. The van der Waals surface area contributed by atoms with Gasteiger partial charge in [-0.15, -0.1) is 0 Å². The highest BCUT2D eigenvalue weighted by Gasteiger charge is 2.54. The van der Waals surface area contributed by atoms with E-state index in [1.54, 1.807) is 0 Å². The number of nitrogen functional groups attached to an aromatic ring is 1. The standard InChI is InChI=1S/C12H13N9O8S2/c13-12-17-9(19-30-12)8(18-29-2-6(22)23)10(24)16-7-5(1-20-4-14-3-15-20)21(11(7)25)31(26,27)28/h3-5,7H,1-2H2,(H,16,24)(H,22,23)(H2,13,17,19)(H,26,27,28)/b18-8-. The van der Waals surface area contributed by atoms with E-state index in [2.05, 4.69) is 34.8 Å². The van der Waals surface area contributed by atoms with Gasteiger partial charge in [-0.2, -0.15) is 22.9 Å². The minimum absolute atomic E-state index is 0.0323. The minimum Gasteiger partial charge on any atom is -0.479 e. The van der Waals surface area contributed by atoms with Gasteiger partial charge < -0.3 is 21.0 Å². The molecule has 3 heterocycles. The fraction of sp³-hybridized carbons (Fsp3) is 0.333. The van der Waals surface area contributed by atoms with Gasteiger partial charge in [-0.25, -0.2) is 14.1 Å². The van der Waals surface area contributed by atoms with Crippen LogP contribution in [0.4, 0.5) is 5.13 Å². The molecule has 31 heavy (non-hydrogen) atoms. The van der Waals surface area contributed by atoms with Crippen molar-refractivity contribution in [3.63, 3.8) is 0 Å². The van der Waals surface area contributed by atoms with Crippen LogP contribution >= 0.6 is 11.5 Å². The quantitative estimate of drug-likeness (QED) is 0.120. The minimum atomic E-state index is -4.92. The lowest BCUT2D eigenvalue weighted by atomic mass is 9.98. The largest absolute Gasteiger partial charge is 0.479 e. The lowest BCUT2D eigenvalue weighted by Gasteiger charge is -2.43. The second kappa shape index (κ2) is 8.57. The number of carbonyl (C=O) groups is 3. The molecule has 0 saturated carbocycles. The average Bonchev–Trinajstić information content (AvgIpc) is 3.33. The number of rotatable bonds is 9. The number of nitrogens with zero attached hydrogens (tertiary/aromatic N) is 7. The van der Waals surface area contributed by atoms with Crippen molar-refractivity contribution in [2.45, 2.75) is 18.6 Å². The summed E-state index contributed by atoms with van der Waals surface area (Å²) < 4.78 is 37.5. The van der Waals surface area contributed by atoms with Crippen molar-refractivity contribution in [1.82, 2.24) is 33.7 Å². The van der Waals surface area contributed by atoms with Gasteiger partial charge in [-0.3, -0.25) is 18.8 Å². The summed E-state index contributed by atoms with van der Waals surface area (Å²) in [6.45, 7) is -1.12. The van der Waals surface area contributed by atoms with Crippen molar-refractivity contribution >= 4 is 50.5 Å². The number of carbonyl (C=O) groups excluding carboxylic acids is 2. The highest BCUT2D eigenvalue weighted by molar-refractivity contribution is 7.84. The Labute approximate surface area is 176 Å². The number of aromatic nitrogens is 5. The van der Waals surface area contributed by atoms with Crippen molar-refractivity contribution in [1.29, 1.82) is 0 Å². The molecular weight excluding hydrogens is 462 g/mol. The predicted octanol–water partition coefficient (Wildman–Crippen LogP) is -3.28. The lowest BCUT2D eigenvalue weighted by molar-refractivity contribution is -0.145. The molecule has 0 aromatic carbocycles. The van der Waals surface area contributed by atoms with E-state index < -0.39 is 52.5 Å². The molecule has 5 N–H and O–H groups in total. The Bertz CT molecular complexity index is 1130. The van der Waals surface area contributed by atoms with E-state index in [1.165, 1.54) is 11.0 Å². The normalized spacial score (nSPS) is 19.1. The molecule has 0 aliphatic carbocycles. The Morgan fingerprint density at radius 3 is 2.71 bits per heavy atom. The van der Waals surface area contributed by atoms with Crippen LogP contribution in [0.1, 0.15) is 5.82 Å². The second-order valence-electron chi connectivity index (χ2n) is 5.81. The van der Waals surface area contributed by atoms with E-state index in [9.17, 15) is 27.4 Å². The van der Waals surface area contributed by atoms with E-state index in [1.807, 2.05) is 0 Å². The SMILES string of the molecule is Nc1nc(/C(=N/OCC(=O)O)C(=O)NC2C(=O)N(S(=O)(=O)O)C2Cn2cncn2)ns1. The van der Waals surface area contributed by atoms with Gasteiger partial charge in [0.25, 0.3) is 11.8 Å². The molecule has 2 aromatic heterocycles. The molecule has 17 nitrogen and oxygen atoms in total. The Morgan fingerprint density at radius 2 is 2.16 bits per heavy atom. The summed E-state index contributed by atoms with van der Waals surface area (Å²) in [6.07, 6.45) is 2.40. The second-order valence-corrected chi connectivity index (χ2v) is 7.88. The van der Waals surface area contributed by atoms with Gasteiger partial charge in [0, 0.05) is 11.5 Å². The Balaban J connectivity index is 1.83. The van der Waals surface area contributed by atoms with Crippen molar-refractivity contribution < 1.29 is 37.3 Å². The Kier molecular flexibility index (Phi) is 6.08. The van der Waals surface area contributed by atoms with Crippen LogP contribution in [0.25, 0.3) is 0 Å². The number of nitrogens with one attached hydrogen (secondary N) is 1. The number of amides is 2. The molecule has 1 aliphatic rings. The van der Waals surface area contributed by atoms with Crippen LogP contribution in [0.5, 0.6) is 0 Å². The van der Waals surface area contributed by atoms with Crippen LogP contribution in [-0.4, -0.2) is 88.7 Å². The smallest absolute Gasteiger partial charge is 0.362 e. The van der Waals surface area contributed by atoms with Crippen molar-refractivity contribution in [3.05, 3.63) is 18.5 Å². The maximum atomic E-state index is 12.7. The van der Waals surface area contributed by atoms with Crippen molar-refractivity contribution in [3.8, 4) is 0 Å². The van der Waals surface area contributed by atoms with E-state index in [-0.39, 0.29) is 21.8 Å². The van der Waals surface area contributed by atoms with Crippen LogP contribution in [0.3, 0.4) is 0 Å². The number of hydrogen-bond acceptors (Lipinski definition) is 13. The number of oxime groups is 1. The molecule has 1 aliphatic heterocycles. The average molecular weight is 475 g/mol. The zero-order valence-corrected chi connectivity index (χ0v) is 16.7. The van der Waals surface area contributed by atoms with E-state index >= 15 is 0 Å². The summed E-state index contributed by atoms with van der Waals surface area (Å²) in [5.41, 5.74) is 4.87. The molecule has 2 aromatic rings. The molecule has 0 spiro atoms. The first-order valence-electron chi connectivity index (χ1n) is 8.03. The van der Waals surface area contributed by atoms with Gasteiger partial charge in [-0.1, -0.05) is 5.16 Å². The van der Waals surface area contributed by atoms with Gasteiger partial charge in [0.2, 0.25) is 18.1 Å². The zero-order valence-electron chi connectivity index (χ0n) is 15.1. The fourth-order valence-corrected chi connectivity index (χ4v) is 3.84. The third kappa shape index (κ3) is 4.90. The van der Waals surface area contributed by atoms with E-state index in [4.69, 9.17) is 10.8 Å². The first-order valence-corrected chi connectivity index (χ1v) is 10.2. The summed E-state index contributed by atoms with van der Waals surface area (Å²) >= 11 is 0.714. The number of carboxylic acids is 1. The lowest BCUT2D eigenvalue weighted by Crippen LogP contribution is -2.73. The number of carboxylic acid groups (broad SMARTS) is 1. The number of β-lactam (4-membered cyclic amide) rings is 1. The first kappa shape index (κ1) is 22.0. The molecule has 0 bridgehead atoms. The van der Waals surface area contributed by atoms with Crippen LogP contribution in [0.15, 0.2) is 17.8 Å². The molecule has 0 radical (unpaired) electrons. The molecule has 2 amide bonds. The van der Waals surface area contributed by atoms with Gasteiger partial charge in [0.15, 0.2) is 5.13 Å². The van der Waals surface area contributed by atoms with Crippen LogP contribution in [-0.2, 0) is 36.1 Å². The summed E-state index contributed by atoms with van der Waals surface area (Å²) in [4.78, 5) is 47.5. The fourth-order valence-electron chi connectivity index (χ4n) is 2.54. The summed E-state index contributed by atoms with van der Waals surface area (Å²) in [7, 11) is -4.92. The summed E-state index contributed by atoms with van der Waals surface area (Å²) in [5, 5.41) is 18.0. The topological polar surface area (TPSA) is 245 Å². The third-order valence-electron chi connectivity index (χ3n) is 3.76. The van der Waals surface area contributed by atoms with Crippen molar-refractivity contribution in [2.24, 2.45) is 5.16 Å². The van der Waals surface area contributed by atoms with Crippen LogP contribution < -0.4 is 11.1 Å². The van der Waals surface area contributed by atoms with Crippen LogP contribution in [0.2, 0.25) is 0 Å². The van der Waals surface area contributed by atoms with Gasteiger partial charge >= 0.3 is 16.3 Å². The number of nitrogens with two attached hydrogens (primary N) is 1. The molecule has 2 atom stereocenters. The van der Waals surface area contributed by atoms with Crippen molar-refractivity contribution in [2.75, 3.05) is 12.3 Å². The van der Waals surface area contributed by atoms with Gasteiger partial charge in [0.1, 0.15) is 18.7 Å². The number of anilines is 1. The molecule has 3 rings (SSSR count). The van der Waals surface area contributed by atoms with Crippen LogP contribution in [0, 0.1) is 0 Å². The molecule has 1 saturated heterocycles. The molecule has 19 heteroatoms. The highest BCUT2D eigenvalue weighted by Crippen LogP contribution is 2.25. The number of hydrogen-bond donors (Lipinski definition) is 4.